The lowest BCUT2D eigenvalue weighted by Gasteiger charge is -2.17. The van der Waals surface area contributed by atoms with Crippen molar-refractivity contribution < 1.29 is 4.43 Å². The molecule has 0 aliphatic rings. The Morgan fingerprint density at radius 3 is 2.38 bits per heavy atom. The van der Waals surface area contributed by atoms with Crippen LogP contribution < -0.4 is 5.19 Å². The summed E-state index contributed by atoms with van der Waals surface area (Å²) < 4.78 is 5.74. The van der Waals surface area contributed by atoms with E-state index in [0.717, 1.165) is 13.0 Å². The smallest absolute Gasteiger partial charge is 0.369 e. The average molecular weight is 324 g/mol. The number of hydrogen-bond donors (Lipinski definition) is 0. The Hall–Kier alpha value is 0.357. The topological polar surface area (TPSA) is 9.23 Å². The summed E-state index contributed by atoms with van der Waals surface area (Å²) >= 11 is 7.25. The second-order valence-electron chi connectivity index (χ2n) is 2.73. The maximum atomic E-state index is 5.74. The second-order valence-corrected chi connectivity index (χ2v) is 14.5. The van der Waals surface area contributed by atoms with E-state index < -0.39 is 5.56 Å². The van der Waals surface area contributed by atoms with Crippen LogP contribution in [0.4, 0.5) is 0 Å². The van der Waals surface area contributed by atoms with Gasteiger partial charge in [-0.3, -0.25) is 0 Å². The molecule has 1 nitrogen and oxygen atoms in total. The van der Waals surface area contributed by atoms with Crippen LogP contribution in [0.25, 0.3) is 0 Å². The first-order chi connectivity index (χ1) is 6.17. The Bertz CT molecular complexity index is 251. The first-order valence-electron chi connectivity index (χ1n) is 4.24. The quantitative estimate of drug-likeness (QED) is 0.611. The third kappa shape index (κ3) is 3.54. The van der Waals surface area contributed by atoms with Crippen molar-refractivity contribution in [3.63, 3.8) is 0 Å². The first kappa shape index (κ1) is 11.4. The largest absolute Gasteiger partial charge is 0.395 e. The molecule has 0 spiro atoms. The van der Waals surface area contributed by atoms with Crippen LogP contribution in [0.1, 0.15) is 13.3 Å². The lowest BCUT2D eigenvalue weighted by atomic mass is 10.4. The van der Waals surface area contributed by atoms with Crippen molar-refractivity contribution in [1.29, 1.82) is 0 Å². The fourth-order valence-electron chi connectivity index (χ4n) is 0.946. The maximum absolute atomic E-state index is 5.74. The molecular weight excluding hydrogens is 312 g/mol. The van der Waals surface area contributed by atoms with Gasteiger partial charge in [-0.2, -0.15) is 0 Å². The molecule has 0 unspecified atom stereocenters. The summed E-state index contributed by atoms with van der Waals surface area (Å²) in [5, 5.41) is 1.21. The molecule has 13 heavy (non-hydrogen) atoms. The van der Waals surface area contributed by atoms with Gasteiger partial charge in [-0.15, -0.1) is 0 Å². The highest BCUT2D eigenvalue weighted by Gasteiger charge is 2.30. The van der Waals surface area contributed by atoms with Gasteiger partial charge in [-0.25, -0.2) is 0 Å². The molecule has 0 amide bonds. The molecule has 0 aliphatic heterocycles. The van der Waals surface area contributed by atoms with Crippen LogP contribution in [0.3, 0.4) is 0 Å². The Balaban J connectivity index is 2.69. The molecule has 1 aromatic carbocycles. The average Bonchev–Trinajstić information content (AvgIpc) is 2.16. The molecular formula is C9H12Br2OSi. The molecule has 0 saturated carbocycles. The van der Waals surface area contributed by atoms with Crippen LogP contribution >= 0.6 is 30.6 Å². The lowest BCUT2D eigenvalue weighted by Crippen LogP contribution is -2.38. The first-order valence-corrected chi connectivity index (χ1v) is 10.7. The highest BCUT2D eigenvalue weighted by Crippen LogP contribution is 2.21. The van der Waals surface area contributed by atoms with Crippen molar-refractivity contribution >= 4 is 41.3 Å². The van der Waals surface area contributed by atoms with Gasteiger partial charge in [0.1, 0.15) is 0 Å². The molecule has 0 atom stereocenters. The fraction of sp³-hybridized carbons (Fsp3) is 0.333. The van der Waals surface area contributed by atoms with Crippen molar-refractivity contribution in [1.82, 2.24) is 0 Å². The van der Waals surface area contributed by atoms with Crippen LogP contribution in [-0.4, -0.2) is 12.2 Å². The van der Waals surface area contributed by atoms with Gasteiger partial charge in [0.2, 0.25) is 0 Å². The molecule has 0 bridgehead atoms. The summed E-state index contributed by atoms with van der Waals surface area (Å²) in [7, 11) is 0. The van der Waals surface area contributed by atoms with Crippen molar-refractivity contribution in [3.8, 4) is 0 Å². The van der Waals surface area contributed by atoms with Crippen LogP contribution in [-0.2, 0) is 4.43 Å². The number of rotatable bonds is 4. The van der Waals surface area contributed by atoms with E-state index in [0.29, 0.717) is 0 Å². The number of halogens is 2. The van der Waals surface area contributed by atoms with Gasteiger partial charge >= 0.3 is 5.56 Å². The minimum Gasteiger partial charge on any atom is -0.395 e. The summed E-state index contributed by atoms with van der Waals surface area (Å²) in [6.45, 7) is 2.90. The van der Waals surface area contributed by atoms with Gasteiger partial charge in [0.05, 0.1) is 0 Å². The lowest BCUT2D eigenvalue weighted by molar-refractivity contribution is 0.335. The predicted molar refractivity (Wildman–Crippen MR) is 65.9 cm³/mol. The Morgan fingerprint density at radius 1 is 1.23 bits per heavy atom. The van der Waals surface area contributed by atoms with Gasteiger partial charge in [0.25, 0.3) is 0 Å². The summed E-state index contributed by atoms with van der Waals surface area (Å²) in [6.07, 6.45) is 1.04. The van der Waals surface area contributed by atoms with E-state index in [9.17, 15) is 0 Å². The van der Waals surface area contributed by atoms with E-state index in [1.807, 2.05) is 18.2 Å². The van der Waals surface area contributed by atoms with E-state index in [2.05, 4.69) is 49.6 Å². The van der Waals surface area contributed by atoms with Crippen LogP contribution in [0.5, 0.6) is 0 Å². The van der Waals surface area contributed by atoms with E-state index in [1.165, 1.54) is 5.19 Å². The summed E-state index contributed by atoms with van der Waals surface area (Å²) in [5.74, 6) is 0. The Morgan fingerprint density at radius 2 is 1.85 bits per heavy atom. The van der Waals surface area contributed by atoms with E-state index >= 15 is 0 Å². The molecule has 0 N–H and O–H groups in total. The van der Waals surface area contributed by atoms with Gasteiger partial charge in [-0.05, 0) is 11.6 Å². The Kier molecular flexibility index (Phi) is 4.65. The van der Waals surface area contributed by atoms with Gasteiger partial charge in [0.15, 0.2) is 0 Å². The van der Waals surface area contributed by atoms with Crippen molar-refractivity contribution in [2.75, 3.05) is 6.61 Å². The normalized spacial score (nSPS) is 11.6. The van der Waals surface area contributed by atoms with E-state index in [-0.39, 0.29) is 0 Å². The van der Waals surface area contributed by atoms with E-state index in [1.54, 1.807) is 0 Å². The fourth-order valence-corrected chi connectivity index (χ4v) is 4.71. The van der Waals surface area contributed by atoms with Crippen LogP contribution in [0.2, 0.25) is 0 Å². The van der Waals surface area contributed by atoms with Gasteiger partial charge in [-0.1, -0.05) is 67.8 Å². The molecule has 0 heterocycles. The van der Waals surface area contributed by atoms with E-state index in [4.69, 9.17) is 4.43 Å². The zero-order chi connectivity index (χ0) is 9.73. The van der Waals surface area contributed by atoms with Crippen molar-refractivity contribution in [3.05, 3.63) is 30.3 Å². The zero-order valence-corrected chi connectivity index (χ0v) is 11.6. The van der Waals surface area contributed by atoms with Gasteiger partial charge in [0, 0.05) is 6.61 Å². The minimum absolute atomic E-state index is 0.789. The van der Waals surface area contributed by atoms with Crippen LogP contribution in [0, 0.1) is 0 Å². The predicted octanol–water partition coefficient (Wildman–Crippen LogP) is 3.05. The zero-order valence-electron chi connectivity index (χ0n) is 7.47. The maximum Gasteiger partial charge on any atom is 0.369 e. The second kappa shape index (κ2) is 5.29. The highest BCUT2D eigenvalue weighted by molar-refractivity contribution is 9.51. The third-order valence-electron chi connectivity index (χ3n) is 1.60. The molecule has 0 radical (unpaired) electrons. The highest BCUT2D eigenvalue weighted by atomic mass is 79.9. The monoisotopic (exact) mass is 322 g/mol. The summed E-state index contributed by atoms with van der Waals surface area (Å²) in [4.78, 5) is 0. The van der Waals surface area contributed by atoms with Crippen molar-refractivity contribution in [2.45, 2.75) is 13.3 Å². The molecule has 0 fully saturated rings. The van der Waals surface area contributed by atoms with Gasteiger partial charge < -0.3 is 4.43 Å². The number of hydrogen-bond acceptors (Lipinski definition) is 1. The molecule has 1 rings (SSSR count). The molecule has 0 saturated heterocycles. The standard InChI is InChI=1S/C9H12Br2OSi/c1-2-8-12-13(10,11)9-6-4-3-5-7-9/h3-7H,2,8H2,1H3. The minimum atomic E-state index is -1.98. The molecule has 1 aromatic rings. The SMILES string of the molecule is CCCO[Si](Br)(Br)c1ccccc1. The third-order valence-corrected chi connectivity index (χ3v) is 7.29. The summed E-state index contributed by atoms with van der Waals surface area (Å²) in [6, 6.07) is 10.2. The molecule has 0 aliphatic carbocycles. The molecule has 4 heteroatoms. The van der Waals surface area contributed by atoms with Crippen LogP contribution in [0.15, 0.2) is 30.3 Å². The summed E-state index contributed by atoms with van der Waals surface area (Å²) in [5.41, 5.74) is -1.98. The molecule has 0 aromatic heterocycles. The molecule has 72 valence electrons. The Labute approximate surface area is 95.8 Å². The number of benzene rings is 1. The van der Waals surface area contributed by atoms with Crippen molar-refractivity contribution in [2.24, 2.45) is 0 Å².